The molecular weight excluding hydrogens is 435 g/mol. The second kappa shape index (κ2) is 7.46. The Hall–Kier alpha value is -3.63. The number of rotatable bonds is 4. The first-order chi connectivity index (χ1) is 15.6. The van der Waals surface area contributed by atoms with E-state index in [1.165, 1.54) is 11.6 Å². The van der Waals surface area contributed by atoms with Crippen LogP contribution < -0.4 is 10.6 Å². The first-order valence-corrected chi connectivity index (χ1v) is 10.5. The highest BCUT2D eigenvalue weighted by Gasteiger charge is 2.47. The number of alkyl halides is 3. The highest BCUT2D eigenvalue weighted by atomic mass is 19.4. The van der Waals surface area contributed by atoms with E-state index in [0.717, 1.165) is 18.3 Å². The van der Waals surface area contributed by atoms with Crippen molar-refractivity contribution in [3.8, 4) is 0 Å². The predicted octanol–water partition coefficient (Wildman–Crippen LogP) is 4.28. The molecule has 1 saturated carbocycles. The van der Waals surface area contributed by atoms with Crippen LogP contribution in [0.25, 0.3) is 0 Å². The molecule has 2 atom stereocenters. The lowest BCUT2D eigenvalue weighted by Gasteiger charge is -2.32. The number of anilines is 2. The lowest BCUT2D eigenvalue weighted by molar-refractivity contribution is -0.144. The zero-order chi connectivity index (χ0) is 23.4. The van der Waals surface area contributed by atoms with Gasteiger partial charge >= 0.3 is 12.2 Å². The monoisotopic (exact) mass is 457 g/mol. The smallest absolute Gasteiger partial charge is 0.335 e. The summed E-state index contributed by atoms with van der Waals surface area (Å²) in [4.78, 5) is 21.6. The molecule has 1 aromatic carbocycles. The topological polar surface area (TPSA) is 98.8 Å². The molecule has 172 valence electrons. The standard InChI is InChI=1S/C22H22F3N7O/c1-21(2)17-14(18(31-30-17)28-16-8-9-26-19(29-16)22(23,24)25)11-32(21)20(33)27-15-10-13(15)12-6-4-3-5-7-12/h3-9,13,15H,10-11H2,1-2H3,(H,27,33)(H2,26,28,29,30,31)/t13-,15+/m0/s1. The normalized spacial score (nSPS) is 20.9. The van der Waals surface area contributed by atoms with E-state index in [1.807, 2.05) is 32.0 Å². The minimum Gasteiger partial charge on any atom is -0.335 e. The Balaban J connectivity index is 1.30. The molecule has 11 heteroatoms. The molecule has 0 radical (unpaired) electrons. The quantitative estimate of drug-likeness (QED) is 0.543. The third-order valence-electron chi connectivity index (χ3n) is 6.20. The van der Waals surface area contributed by atoms with Gasteiger partial charge in [0.2, 0.25) is 5.82 Å². The molecule has 0 bridgehead atoms. The Morgan fingerprint density at radius 2 is 1.97 bits per heavy atom. The van der Waals surface area contributed by atoms with Crippen molar-refractivity contribution in [2.45, 2.75) is 50.5 Å². The van der Waals surface area contributed by atoms with Crippen molar-refractivity contribution in [2.24, 2.45) is 0 Å². The molecule has 2 aromatic heterocycles. The third-order valence-corrected chi connectivity index (χ3v) is 6.20. The first kappa shape index (κ1) is 21.2. The van der Waals surface area contributed by atoms with Gasteiger partial charge in [-0.3, -0.25) is 5.10 Å². The number of nitrogens with zero attached hydrogens (tertiary/aromatic N) is 4. The maximum Gasteiger partial charge on any atom is 0.451 e. The van der Waals surface area contributed by atoms with Crippen LogP contribution >= 0.6 is 0 Å². The Bertz CT molecular complexity index is 1190. The summed E-state index contributed by atoms with van der Waals surface area (Å²) in [6, 6.07) is 11.3. The Morgan fingerprint density at radius 3 is 2.70 bits per heavy atom. The van der Waals surface area contributed by atoms with Gasteiger partial charge in [-0.25, -0.2) is 14.8 Å². The maximum absolute atomic E-state index is 13.1. The van der Waals surface area contributed by atoms with Crippen molar-refractivity contribution in [1.29, 1.82) is 0 Å². The Morgan fingerprint density at radius 1 is 1.21 bits per heavy atom. The molecular formula is C22H22F3N7O. The maximum atomic E-state index is 13.1. The van der Waals surface area contributed by atoms with Crippen molar-refractivity contribution >= 4 is 17.7 Å². The molecule has 0 saturated heterocycles. The van der Waals surface area contributed by atoms with Crippen LogP contribution in [0.15, 0.2) is 42.6 Å². The molecule has 33 heavy (non-hydrogen) atoms. The molecule has 2 aliphatic rings. The van der Waals surface area contributed by atoms with Crippen LogP contribution in [0.5, 0.6) is 0 Å². The number of nitrogens with one attached hydrogen (secondary N) is 3. The molecule has 8 nitrogen and oxygen atoms in total. The number of benzene rings is 1. The molecule has 0 spiro atoms. The van der Waals surface area contributed by atoms with E-state index in [4.69, 9.17) is 0 Å². The number of fused-ring (bicyclic) bond motifs is 1. The third kappa shape index (κ3) is 3.87. The van der Waals surface area contributed by atoms with E-state index in [0.29, 0.717) is 17.3 Å². The van der Waals surface area contributed by atoms with Crippen LogP contribution in [0.4, 0.5) is 29.6 Å². The summed E-state index contributed by atoms with van der Waals surface area (Å²) >= 11 is 0. The number of halogens is 3. The predicted molar refractivity (Wildman–Crippen MR) is 114 cm³/mol. The van der Waals surface area contributed by atoms with Crippen LogP contribution in [-0.4, -0.2) is 37.1 Å². The van der Waals surface area contributed by atoms with E-state index < -0.39 is 17.5 Å². The van der Waals surface area contributed by atoms with Crippen molar-refractivity contribution in [3.05, 3.63) is 65.2 Å². The van der Waals surface area contributed by atoms with Crippen molar-refractivity contribution < 1.29 is 18.0 Å². The Kier molecular flexibility index (Phi) is 4.80. The number of H-pyrrole nitrogens is 1. The number of urea groups is 1. The van der Waals surface area contributed by atoms with Crippen LogP contribution in [0.2, 0.25) is 0 Å². The van der Waals surface area contributed by atoms with E-state index in [-0.39, 0.29) is 24.4 Å². The first-order valence-electron chi connectivity index (χ1n) is 10.5. The zero-order valence-corrected chi connectivity index (χ0v) is 17.9. The minimum absolute atomic E-state index is 0.0315. The summed E-state index contributed by atoms with van der Waals surface area (Å²) < 4.78 is 38.8. The fraction of sp³-hybridized carbons (Fsp3) is 0.364. The van der Waals surface area contributed by atoms with Crippen LogP contribution in [-0.2, 0) is 18.3 Å². The molecule has 3 aromatic rings. The van der Waals surface area contributed by atoms with Gasteiger partial charge in [0.1, 0.15) is 5.82 Å². The number of hydrogen-bond acceptors (Lipinski definition) is 5. The zero-order valence-electron chi connectivity index (χ0n) is 17.9. The number of aromatic amines is 1. The fourth-order valence-corrected chi connectivity index (χ4v) is 4.29. The van der Waals surface area contributed by atoms with E-state index >= 15 is 0 Å². The second-order valence-electron chi connectivity index (χ2n) is 8.77. The van der Waals surface area contributed by atoms with Crippen LogP contribution in [0.3, 0.4) is 0 Å². The average molecular weight is 457 g/mol. The van der Waals surface area contributed by atoms with E-state index in [2.05, 4.69) is 42.9 Å². The second-order valence-corrected chi connectivity index (χ2v) is 8.77. The van der Waals surface area contributed by atoms with Crippen molar-refractivity contribution in [3.63, 3.8) is 0 Å². The summed E-state index contributed by atoms with van der Waals surface area (Å²) in [5.41, 5.74) is 1.96. The number of carbonyl (C=O) groups excluding carboxylic acids is 1. The van der Waals surface area contributed by atoms with Gasteiger partial charge in [0, 0.05) is 23.7 Å². The van der Waals surface area contributed by atoms with Gasteiger partial charge in [0.15, 0.2) is 5.82 Å². The summed E-state index contributed by atoms with van der Waals surface area (Å²) in [7, 11) is 0. The van der Waals surface area contributed by atoms with Gasteiger partial charge in [-0.15, -0.1) is 0 Å². The minimum atomic E-state index is -4.65. The van der Waals surface area contributed by atoms with Crippen LogP contribution in [0.1, 0.15) is 48.8 Å². The number of carbonyl (C=O) groups is 1. The summed E-state index contributed by atoms with van der Waals surface area (Å²) in [5, 5.41) is 13.1. The van der Waals surface area contributed by atoms with Crippen molar-refractivity contribution in [1.82, 2.24) is 30.4 Å². The molecule has 1 aliphatic carbocycles. The molecule has 0 unspecified atom stereocenters. The van der Waals surface area contributed by atoms with E-state index in [1.54, 1.807) is 4.90 Å². The highest BCUT2D eigenvalue weighted by Crippen LogP contribution is 2.43. The SMILES string of the molecule is CC1(C)c2[nH]nc(Nc3ccnc(C(F)(F)F)n3)c2CN1C(=O)N[C@@H]1C[C@H]1c1ccccc1. The molecule has 2 amide bonds. The van der Waals surface area contributed by atoms with Gasteiger partial charge in [-0.1, -0.05) is 30.3 Å². The molecule has 3 N–H and O–H groups in total. The van der Waals surface area contributed by atoms with Crippen molar-refractivity contribution in [2.75, 3.05) is 5.32 Å². The molecule has 5 rings (SSSR count). The van der Waals surface area contributed by atoms with Crippen LogP contribution in [0, 0.1) is 0 Å². The number of amides is 2. The summed E-state index contributed by atoms with van der Waals surface area (Å²) in [5.74, 6) is -0.638. The van der Waals surface area contributed by atoms with Gasteiger partial charge in [-0.05, 0) is 31.9 Å². The number of hydrogen-bond donors (Lipinski definition) is 3. The molecule has 1 fully saturated rings. The lowest BCUT2D eigenvalue weighted by Crippen LogP contribution is -2.47. The average Bonchev–Trinajstić information content (AvgIpc) is 3.33. The number of aromatic nitrogens is 4. The Labute approximate surface area is 187 Å². The fourth-order valence-electron chi connectivity index (χ4n) is 4.29. The summed E-state index contributed by atoms with van der Waals surface area (Å²) in [6.07, 6.45) is -2.73. The van der Waals surface area contributed by atoms with Gasteiger partial charge < -0.3 is 15.5 Å². The largest absolute Gasteiger partial charge is 0.451 e. The highest BCUT2D eigenvalue weighted by molar-refractivity contribution is 5.78. The van der Waals surface area contributed by atoms with E-state index in [9.17, 15) is 18.0 Å². The lowest BCUT2D eigenvalue weighted by atomic mass is 10.0. The summed E-state index contributed by atoms with van der Waals surface area (Å²) in [6.45, 7) is 4.05. The van der Waals surface area contributed by atoms with Gasteiger partial charge in [0.25, 0.3) is 0 Å². The molecule has 1 aliphatic heterocycles. The van der Waals surface area contributed by atoms with Gasteiger partial charge in [0.05, 0.1) is 17.8 Å². The molecule has 3 heterocycles. The van der Waals surface area contributed by atoms with Gasteiger partial charge in [-0.2, -0.15) is 18.3 Å².